The molecule has 3 aliphatic rings. The number of ketones is 1. The van der Waals surface area contributed by atoms with E-state index in [0.29, 0.717) is 49.0 Å². The number of nitrogens with zero attached hydrogens (tertiary/aromatic N) is 6. The zero-order chi connectivity index (χ0) is 36.2. The molecule has 15 heteroatoms. The van der Waals surface area contributed by atoms with E-state index < -0.39 is 35.4 Å². The van der Waals surface area contributed by atoms with Crippen LogP contribution in [-0.2, 0) is 20.8 Å². The normalized spacial score (nSPS) is 22.7. The number of rotatable bonds is 8. The molecular formula is C35H46N8O6S. The second kappa shape index (κ2) is 18.2. The summed E-state index contributed by atoms with van der Waals surface area (Å²) in [5.74, 6) is -1.21. The van der Waals surface area contributed by atoms with Gasteiger partial charge in [0, 0.05) is 55.5 Å². The number of allylic oxidation sites excluding steroid dienone is 3. The van der Waals surface area contributed by atoms with Gasteiger partial charge in [-0.2, -0.15) is 0 Å². The van der Waals surface area contributed by atoms with E-state index in [1.807, 2.05) is 31.7 Å². The molecule has 2 bridgehead atoms. The van der Waals surface area contributed by atoms with Gasteiger partial charge in [0.1, 0.15) is 12.6 Å². The fraction of sp³-hybridized carbons (Fsp3) is 0.486. The number of nitrogens with two attached hydrogens (primary N) is 1. The van der Waals surface area contributed by atoms with Gasteiger partial charge < -0.3 is 25.8 Å². The SMILES string of the molecule is C/C=C\C=C1\CC2C(=O)N(CCCc3ccc([N+](=O)[O-])cc3)CC(=O)N2CC(=O)NC(C(=O)c2nccs2)CC2CCCN(C2)C(N)=N1.CC. The van der Waals surface area contributed by atoms with Crippen LogP contribution in [0.1, 0.15) is 68.2 Å². The number of aromatic nitrogens is 1. The number of hydrogen-bond donors (Lipinski definition) is 2. The fourth-order valence-corrected chi connectivity index (χ4v) is 7.02. The average molecular weight is 707 g/mol. The number of hydrogen-bond acceptors (Lipinski definition) is 11. The smallest absolute Gasteiger partial charge is 0.269 e. The molecule has 4 heterocycles. The molecule has 0 radical (unpaired) electrons. The van der Waals surface area contributed by atoms with Gasteiger partial charge in [-0.25, -0.2) is 9.98 Å². The van der Waals surface area contributed by atoms with Crippen molar-refractivity contribution >= 4 is 46.5 Å². The Bertz CT molecular complexity index is 1610. The Labute approximate surface area is 296 Å². The molecule has 268 valence electrons. The molecule has 0 saturated carbocycles. The van der Waals surface area contributed by atoms with Gasteiger partial charge in [0.2, 0.25) is 23.5 Å². The molecule has 3 atom stereocenters. The molecule has 2 fully saturated rings. The highest BCUT2D eigenvalue weighted by Gasteiger charge is 2.41. The maximum Gasteiger partial charge on any atom is 0.269 e. The van der Waals surface area contributed by atoms with E-state index in [0.717, 1.165) is 18.4 Å². The van der Waals surface area contributed by atoms with E-state index >= 15 is 0 Å². The minimum absolute atomic E-state index is 0.00226. The lowest BCUT2D eigenvalue weighted by Gasteiger charge is -2.41. The van der Waals surface area contributed by atoms with Crippen molar-refractivity contribution in [3.05, 3.63) is 80.5 Å². The van der Waals surface area contributed by atoms with Crippen LogP contribution < -0.4 is 11.1 Å². The number of carbonyl (C=O) groups excluding carboxylic acids is 4. The molecule has 14 nitrogen and oxygen atoms in total. The first kappa shape index (κ1) is 37.9. The lowest BCUT2D eigenvalue weighted by Crippen LogP contribution is -2.62. The summed E-state index contributed by atoms with van der Waals surface area (Å²) in [7, 11) is 0. The number of benzene rings is 1. The van der Waals surface area contributed by atoms with Crippen LogP contribution in [0, 0.1) is 16.0 Å². The first-order valence-electron chi connectivity index (χ1n) is 17.1. The highest BCUT2D eigenvalue weighted by Crippen LogP contribution is 2.26. The fourth-order valence-electron chi connectivity index (χ4n) is 6.39. The van der Waals surface area contributed by atoms with Gasteiger partial charge in [0.25, 0.3) is 5.69 Å². The molecule has 5 rings (SSSR count). The number of piperidine rings is 1. The quantitative estimate of drug-likeness (QED) is 0.235. The van der Waals surface area contributed by atoms with E-state index in [-0.39, 0.29) is 42.8 Å². The first-order chi connectivity index (χ1) is 24.1. The van der Waals surface area contributed by atoms with Crippen LogP contribution in [-0.4, -0.2) is 98.9 Å². The van der Waals surface area contributed by atoms with Gasteiger partial charge in [0.15, 0.2) is 11.0 Å². The Morgan fingerprint density at radius 3 is 2.62 bits per heavy atom. The number of nitro groups is 1. The zero-order valence-electron chi connectivity index (χ0n) is 28.8. The summed E-state index contributed by atoms with van der Waals surface area (Å²) >= 11 is 1.20. The molecule has 3 unspecified atom stereocenters. The third-order valence-corrected chi connectivity index (χ3v) is 9.61. The third kappa shape index (κ3) is 9.83. The number of fused-ring (bicyclic) bond motifs is 3. The Hall–Kier alpha value is -4.92. The lowest BCUT2D eigenvalue weighted by atomic mass is 9.90. The Balaban J connectivity index is 0.00000276. The van der Waals surface area contributed by atoms with Crippen LogP contribution in [0.3, 0.4) is 0 Å². The lowest BCUT2D eigenvalue weighted by molar-refractivity contribution is -0.384. The molecule has 3 N–H and O–H groups in total. The van der Waals surface area contributed by atoms with Crippen molar-refractivity contribution in [2.75, 3.05) is 32.7 Å². The highest BCUT2D eigenvalue weighted by atomic mass is 32.1. The van der Waals surface area contributed by atoms with Crippen LogP contribution in [0.15, 0.2) is 64.8 Å². The molecule has 2 aromatic rings. The van der Waals surface area contributed by atoms with E-state index in [2.05, 4.69) is 10.3 Å². The minimum atomic E-state index is -1.03. The third-order valence-electron chi connectivity index (χ3n) is 8.82. The van der Waals surface area contributed by atoms with E-state index in [1.165, 1.54) is 33.3 Å². The summed E-state index contributed by atoms with van der Waals surface area (Å²) in [5, 5.41) is 15.9. The number of nitro benzene ring substituents is 1. The van der Waals surface area contributed by atoms with Crippen molar-refractivity contribution < 1.29 is 24.1 Å². The Morgan fingerprint density at radius 1 is 1.18 bits per heavy atom. The molecule has 3 amide bonds. The predicted molar refractivity (Wildman–Crippen MR) is 191 cm³/mol. The molecule has 2 saturated heterocycles. The molecular weight excluding hydrogens is 661 g/mol. The summed E-state index contributed by atoms with van der Waals surface area (Å²) in [5.41, 5.74) is 7.91. The van der Waals surface area contributed by atoms with Gasteiger partial charge in [0.05, 0.1) is 17.5 Å². The molecule has 1 aromatic carbocycles. The Kier molecular flexibility index (Phi) is 13.8. The largest absolute Gasteiger partial charge is 0.369 e. The van der Waals surface area contributed by atoms with Gasteiger partial charge in [-0.15, -0.1) is 11.3 Å². The van der Waals surface area contributed by atoms with Gasteiger partial charge in [-0.1, -0.05) is 38.1 Å². The summed E-state index contributed by atoms with van der Waals surface area (Å²) < 4.78 is 0. The molecule has 0 aliphatic carbocycles. The molecule has 50 heavy (non-hydrogen) atoms. The zero-order valence-corrected chi connectivity index (χ0v) is 29.6. The monoisotopic (exact) mass is 706 g/mol. The number of amides is 3. The highest BCUT2D eigenvalue weighted by molar-refractivity contribution is 7.11. The second-order valence-corrected chi connectivity index (χ2v) is 13.1. The van der Waals surface area contributed by atoms with Crippen molar-refractivity contribution in [3.63, 3.8) is 0 Å². The van der Waals surface area contributed by atoms with Crippen molar-refractivity contribution in [3.8, 4) is 0 Å². The van der Waals surface area contributed by atoms with Crippen molar-refractivity contribution in [1.29, 1.82) is 0 Å². The van der Waals surface area contributed by atoms with Crippen molar-refractivity contribution in [2.45, 2.75) is 71.4 Å². The number of guanidine groups is 1. The molecule has 0 spiro atoms. The van der Waals surface area contributed by atoms with E-state index in [9.17, 15) is 29.3 Å². The van der Waals surface area contributed by atoms with E-state index in [4.69, 9.17) is 10.7 Å². The minimum Gasteiger partial charge on any atom is -0.369 e. The number of aliphatic imine (C=N–C) groups is 1. The summed E-state index contributed by atoms with van der Waals surface area (Å²) in [6.07, 6.45) is 10.1. The first-order valence-corrected chi connectivity index (χ1v) is 18.0. The summed E-state index contributed by atoms with van der Waals surface area (Å²) in [6.45, 7) is 6.75. The van der Waals surface area contributed by atoms with Crippen molar-refractivity contribution in [1.82, 2.24) is 25.0 Å². The Morgan fingerprint density at radius 2 is 1.94 bits per heavy atom. The number of Topliss-reactive ketones (excluding diaryl/α,β-unsaturated/α-hetero) is 1. The maximum atomic E-state index is 14.0. The van der Waals surface area contributed by atoms with Crippen LogP contribution in [0.2, 0.25) is 0 Å². The summed E-state index contributed by atoms with van der Waals surface area (Å²) in [6, 6.07) is 4.34. The number of carbonyl (C=O) groups is 4. The second-order valence-electron chi connectivity index (χ2n) is 12.2. The number of aryl methyl sites for hydroxylation is 1. The van der Waals surface area contributed by atoms with Crippen LogP contribution >= 0.6 is 11.3 Å². The molecule has 1 aromatic heterocycles. The topological polar surface area (TPSA) is 184 Å². The average Bonchev–Trinajstić information content (AvgIpc) is 3.66. The molecule has 3 aliphatic heterocycles. The van der Waals surface area contributed by atoms with Gasteiger partial charge in [-0.3, -0.25) is 29.3 Å². The number of non-ortho nitro benzene ring substituents is 1. The maximum absolute atomic E-state index is 14.0. The number of thiazole rings is 1. The van der Waals surface area contributed by atoms with Gasteiger partial charge >= 0.3 is 0 Å². The van der Waals surface area contributed by atoms with E-state index in [1.54, 1.807) is 35.9 Å². The number of piperazine rings is 1. The van der Waals surface area contributed by atoms with Crippen LogP contribution in [0.5, 0.6) is 0 Å². The van der Waals surface area contributed by atoms with Crippen molar-refractivity contribution in [2.24, 2.45) is 16.6 Å². The summed E-state index contributed by atoms with van der Waals surface area (Å²) in [4.78, 5) is 78.9. The van der Waals surface area contributed by atoms with Gasteiger partial charge in [-0.05, 0) is 56.6 Å². The van der Waals surface area contributed by atoms with Crippen LogP contribution in [0.4, 0.5) is 5.69 Å². The standard InChI is InChI=1S/C33H40N8O6S.C2H6/c1-2-3-8-24-18-27-32(45)38(14-4-6-22-9-11-25(12-10-22)41(46)47)21-29(43)40(27)20-28(42)37-26(30(44)31-35-13-16-48-31)17-23-7-5-15-39(19-23)33(34)36-24;1-2/h2-3,8-13,16,23,26-27H,4-7,14-15,17-21H2,1H3,(H2,34,36)(H,37,42);1-2H3/b3-2-,24-8-;. The number of nitrogens with one attached hydrogen (secondary N) is 1. The van der Waals surface area contributed by atoms with Crippen LogP contribution in [0.25, 0.3) is 0 Å². The predicted octanol–water partition coefficient (Wildman–Crippen LogP) is 3.70.